The predicted octanol–water partition coefficient (Wildman–Crippen LogP) is 5.76. The van der Waals surface area contributed by atoms with Crippen molar-refractivity contribution in [3.05, 3.63) is 82.8 Å². The first-order valence-electron chi connectivity index (χ1n) is 9.29. The van der Waals surface area contributed by atoms with Crippen molar-refractivity contribution in [3.63, 3.8) is 0 Å². The lowest BCUT2D eigenvalue weighted by atomic mass is 10.0. The van der Waals surface area contributed by atoms with Gasteiger partial charge in [0.2, 0.25) is 0 Å². The molecule has 32 heavy (non-hydrogen) atoms. The fraction of sp³-hybridized carbons (Fsp3) is 0.227. The quantitative estimate of drug-likeness (QED) is 0.472. The number of carbonyl (C=O) groups is 1. The number of halogens is 6. The average Bonchev–Trinajstić information content (AvgIpc) is 2.72. The Hall–Kier alpha value is -3.43. The van der Waals surface area contributed by atoms with E-state index < -0.39 is 35.9 Å². The molecule has 0 atom stereocenters. The molecule has 0 spiro atoms. The Morgan fingerprint density at radius 3 is 2.03 bits per heavy atom. The van der Waals surface area contributed by atoms with Gasteiger partial charge in [-0.3, -0.25) is 4.79 Å². The fourth-order valence-electron chi connectivity index (χ4n) is 3.10. The van der Waals surface area contributed by atoms with E-state index in [4.69, 9.17) is 0 Å². The first-order chi connectivity index (χ1) is 14.9. The molecule has 0 bridgehead atoms. The smallest absolute Gasteiger partial charge is 0.337 e. The first-order valence-corrected chi connectivity index (χ1v) is 9.29. The Labute approximate surface area is 179 Å². The Morgan fingerprint density at radius 2 is 1.50 bits per heavy atom. The fourth-order valence-corrected chi connectivity index (χ4v) is 3.10. The van der Waals surface area contributed by atoms with Gasteiger partial charge in [0.25, 0.3) is 5.91 Å². The van der Waals surface area contributed by atoms with Crippen LogP contribution in [-0.2, 0) is 18.9 Å². The summed E-state index contributed by atoms with van der Waals surface area (Å²) in [5.74, 6) is -0.245. The van der Waals surface area contributed by atoms with Gasteiger partial charge in [-0.25, -0.2) is 9.97 Å². The van der Waals surface area contributed by atoms with E-state index >= 15 is 0 Å². The molecule has 0 unspecified atom stereocenters. The molecule has 0 saturated heterocycles. The molecule has 0 N–H and O–H groups in total. The molecule has 3 aromatic rings. The van der Waals surface area contributed by atoms with Gasteiger partial charge in [-0.1, -0.05) is 30.3 Å². The third kappa shape index (κ3) is 5.24. The second kappa shape index (κ2) is 8.60. The summed E-state index contributed by atoms with van der Waals surface area (Å²) in [6.45, 7) is 1.15. The highest BCUT2D eigenvalue weighted by Crippen LogP contribution is 2.36. The molecule has 0 aliphatic rings. The van der Waals surface area contributed by atoms with Crippen LogP contribution in [0.2, 0.25) is 0 Å². The van der Waals surface area contributed by atoms with Crippen molar-refractivity contribution in [1.82, 2.24) is 14.9 Å². The minimum absolute atomic E-state index is 0.0483. The van der Waals surface area contributed by atoms with Crippen LogP contribution in [0, 0.1) is 6.92 Å². The Bertz CT molecular complexity index is 1090. The maximum atomic E-state index is 13.1. The van der Waals surface area contributed by atoms with Crippen molar-refractivity contribution in [3.8, 4) is 11.3 Å². The van der Waals surface area contributed by atoms with Crippen LogP contribution in [0.25, 0.3) is 11.3 Å². The van der Waals surface area contributed by atoms with Gasteiger partial charge in [0.1, 0.15) is 5.82 Å². The number of aryl methyl sites for hydroxylation is 1. The molecule has 10 heteroatoms. The van der Waals surface area contributed by atoms with Crippen LogP contribution >= 0.6 is 0 Å². The average molecular weight is 453 g/mol. The SMILES string of the molecule is Cc1ncc(C(=O)N(C)Cc2cc(C(F)(F)F)cc(C(F)(F)F)c2)c(-c2ccccc2)n1. The highest BCUT2D eigenvalue weighted by Gasteiger charge is 2.37. The number of rotatable bonds is 4. The van der Waals surface area contributed by atoms with E-state index in [0.717, 1.165) is 4.90 Å². The van der Waals surface area contributed by atoms with Gasteiger partial charge in [0.05, 0.1) is 22.4 Å². The maximum absolute atomic E-state index is 13.1. The molecule has 0 radical (unpaired) electrons. The topological polar surface area (TPSA) is 46.1 Å². The summed E-state index contributed by atoms with van der Waals surface area (Å²) in [5, 5.41) is 0. The minimum Gasteiger partial charge on any atom is -0.337 e. The standard InChI is InChI=1S/C22H17F6N3O/c1-13-29-11-18(19(30-13)15-6-4-3-5-7-15)20(32)31(2)12-14-8-16(21(23,24)25)10-17(9-14)22(26,27)28/h3-11H,12H2,1-2H3. The summed E-state index contributed by atoms with van der Waals surface area (Å²) in [6.07, 6.45) is -8.65. The predicted molar refractivity (Wildman–Crippen MR) is 104 cm³/mol. The highest BCUT2D eigenvalue weighted by molar-refractivity contribution is 5.99. The molecule has 3 rings (SSSR count). The van der Waals surface area contributed by atoms with E-state index in [9.17, 15) is 31.1 Å². The molecule has 168 valence electrons. The summed E-state index contributed by atoms with van der Waals surface area (Å²) < 4.78 is 78.7. The van der Waals surface area contributed by atoms with Crippen molar-refractivity contribution in [1.29, 1.82) is 0 Å². The van der Waals surface area contributed by atoms with E-state index in [0.29, 0.717) is 29.2 Å². The van der Waals surface area contributed by atoms with Gasteiger partial charge in [-0.2, -0.15) is 26.3 Å². The van der Waals surface area contributed by atoms with Crippen LogP contribution in [0.15, 0.2) is 54.7 Å². The van der Waals surface area contributed by atoms with Crippen LogP contribution in [-0.4, -0.2) is 27.8 Å². The van der Waals surface area contributed by atoms with E-state index in [1.165, 1.54) is 13.2 Å². The number of nitrogens with zero attached hydrogens (tertiary/aromatic N) is 3. The van der Waals surface area contributed by atoms with Crippen LogP contribution in [0.4, 0.5) is 26.3 Å². The van der Waals surface area contributed by atoms with Gasteiger partial charge in [0, 0.05) is 25.4 Å². The molecule has 1 amide bonds. The molecule has 1 heterocycles. The van der Waals surface area contributed by atoms with E-state index in [1.54, 1.807) is 37.3 Å². The second-order valence-corrected chi connectivity index (χ2v) is 7.12. The zero-order valence-corrected chi connectivity index (χ0v) is 16.9. The first kappa shape index (κ1) is 23.2. The summed E-state index contributed by atoms with van der Waals surface area (Å²) in [7, 11) is 1.28. The molecule has 2 aromatic carbocycles. The lowest BCUT2D eigenvalue weighted by Gasteiger charge is -2.21. The lowest BCUT2D eigenvalue weighted by molar-refractivity contribution is -0.143. The number of aromatic nitrogens is 2. The number of benzene rings is 2. The largest absolute Gasteiger partial charge is 0.416 e. The number of carbonyl (C=O) groups excluding carboxylic acids is 1. The zero-order valence-electron chi connectivity index (χ0n) is 16.9. The van der Waals surface area contributed by atoms with Crippen LogP contribution in [0.5, 0.6) is 0 Å². The summed E-state index contributed by atoms with van der Waals surface area (Å²) >= 11 is 0. The van der Waals surface area contributed by atoms with E-state index in [2.05, 4.69) is 9.97 Å². The highest BCUT2D eigenvalue weighted by atomic mass is 19.4. The van der Waals surface area contributed by atoms with Crippen molar-refractivity contribution in [2.45, 2.75) is 25.8 Å². The molecule has 4 nitrogen and oxygen atoms in total. The van der Waals surface area contributed by atoms with Gasteiger partial charge in [-0.15, -0.1) is 0 Å². The van der Waals surface area contributed by atoms with Crippen LogP contribution in [0.1, 0.15) is 32.9 Å². The Kier molecular flexibility index (Phi) is 6.25. The van der Waals surface area contributed by atoms with Crippen molar-refractivity contribution in [2.24, 2.45) is 0 Å². The normalized spacial score (nSPS) is 12.0. The molecule has 0 saturated carbocycles. The molecule has 0 aliphatic carbocycles. The number of amides is 1. The zero-order chi connectivity index (χ0) is 23.7. The Morgan fingerprint density at radius 1 is 0.938 bits per heavy atom. The molecule has 1 aromatic heterocycles. The minimum atomic E-state index is -4.97. The second-order valence-electron chi connectivity index (χ2n) is 7.12. The molecular weight excluding hydrogens is 436 g/mol. The van der Waals surface area contributed by atoms with Gasteiger partial charge >= 0.3 is 12.4 Å². The summed E-state index contributed by atoms with van der Waals surface area (Å²) in [5.41, 5.74) is -2.17. The van der Waals surface area contributed by atoms with Gasteiger partial charge in [0.15, 0.2) is 0 Å². The van der Waals surface area contributed by atoms with Crippen molar-refractivity contribution in [2.75, 3.05) is 7.05 Å². The molecular formula is C22H17F6N3O. The van der Waals surface area contributed by atoms with Crippen LogP contribution in [0.3, 0.4) is 0 Å². The van der Waals surface area contributed by atoms with Gasteiger partial charge in [-0.05, 0) is 30.7 Å². The van der Waals surface area contributed by atoms with E-state index in [1.807, 2.05) is 0 Å². The third-order valence-corrected chi connectivity index (χ3v) is 4.60. The van der Waals surface area contributed by atoms with Crippen molar-refractivity contribution < 1.29 is 31.1 Å². The van der Waals surface area contributed by atoms with Crippen LogP contribution < -0.4 is 0 Å². The number of hydrogen-bond donors (Lipinski definition) is 0. The number of hydrogen-bond acceptors (Lipinski definition) is 3. The van der Waals surface area contributed by atoms with Gasteiger partial charge < -0.3 is 4.90 Å². The monoisotopic (exact) mass is 453 g/mol. The third-order valence-electron chi connectivity index (χ3n) is 4.60. The van der Waals surface area contributed by atoms with E-state index in [-0.39, 0.29) is 17.2 Å². The number of alkyl halides is 6. The molecule has 0 fully saturated rings. The summed E-state index contributed by atoms with van der Waals surface area (Å²) in [4.78, 5) is 22.3. The Balaban J connectivity index is 1.97. The maximum Gasteiger partial charge on any atom is 0.416 e. The van der Waals surface area contributed by atoms with Crippen molar-refractivity contribution >= 4 is 5.91 Å². The lowest BCUT2D eigenvalue weighted by Crippen LogP contribution is -2.27. The molecule has 0 aliphatic heterocycles. The summed E-state index contributed by atoms with van der Waals surface area (Å²) in [6, 6.07) is 9.95.